The van der Waals surface area contributed by atoms with E-state index in [2.05, 4.69) is 42.5 Å². The third-order valence-electron chi connectivity index (χ3n) is 2.92. The van der Waals surface area contributed by atoms with Crippen molar-refractivity contribution in [2.75, 3.05) is 27.2 Å². The van der Waals surface area contributed by atoms with Gasteiger partial charge < -0.3 is 10.2 Å². The average molecular weight is 245 g/mol. The van der Waals surface area contributed by atoms with Crippen molar-refractivity contribution in [2.24, 2.45) is 0 Å². The lowest BCUT2D eigenvalue weighted by molar-refractivity contribution is 0.388. The van der Waals surface area contributed by atoms with Gasteiger partial charge in [0.1, 0.15) is 0 Å². The Labute approximate surface area is 110 Å². The number of nitrogens with zero attached hydrogens (tertiary/aromatic N) is 2. The van der Waals surface area contributed by atoms with E-state index in [1.54, 1.807) is 0 Å². The van der Waals surface area contributed by atoms with Gasteiger partial charge in [0.25, 0.3) is 0 Å². The van der Waals surface area contributed by atoms with Gasteiger partial charge in [0, 0.05) is 6.04 Å². The second kappa shape index (κ2) is 8.68. The van der Waals surface area contributed by atoms with Crippen molar-refractivity contribution >= 4 is 0 Å². The quantitative estimate of drug-likeness (QED) is 0.715. The van der Waals surface area contributed by atoms with E-state index in [1.807, 2.05) is 18.2 Å². The summed E-state index contributed by atoms with van der Waals surface area (Å²) in [4.78, 5) is 2.20. The predicted molar refractivity (Wildman–Crippen MR) is 75.2 cm³/mol. The molecule has 0 aliphatic carbocycles. The second-order valence-electron chi connectivity index (χ2n) is 4.79. The molecule has 0 heterocycles. The molecular weight excluding hydrogens is 222 g/mol. The summed E-state index contributed by atoms with van der Waals surface area (Å²) in [5.41, 5.74) is 1.20. The largest absolute Gasteiger partial charge is 0.309 e. The van der Waals surface area contributed by atoms with Crippen LogP contribution >= 0.6 is 0 Å². The molecule has 0 aromatic heterocycles. The van der Waals surface area contributed by atoms with E-state index >= 15 is 0 Å². The fraction of sp³-hybridized carbons (Fsp3) is 0.533. The summed E-state index contributed by atoms with van der Waals surface area (Å²) < 4.78 is 0. The zero-order valence-corrected chi connectivity index (χ0v) is 11.4. The van der Waals surface area contributed by atoms with Gasteiger partial charge in [-0.3, -0.25) is 0 Å². The smallest absolute Gasteiger partial charge is 0.0641 e. The summed E-state index contributed by atoms with van der Waals surface area (Å²) in [6.07, 6.45) is 2.86. The highest BCUT2D eigenvalue weighted by Gasteiger charge is 2.09. The Morgan fingerprint density at radius 1 is 1.22 bits per heavy atom. The van der Waals surface area contributed by atoms with Gasteiger partial charge in [0.15, 0.2) is 0 Å². The van der Waals surface area contributed by atoms with E-state index in [1.165, 1.54) is 12.0 Å². The summed E-state index contributed by atoms with van der Waals surface area (Å²) in [6.45, 7) is 2.09. The Morgan fingerprint density at radius 3 is 2.56 bits per heavy atom. The number of hydrogen-bond donors (Lipinski definition) is 1. The summed E-state index contributed by atoms with van der Waals surface area (Å²) in [6, 6.07) is 12.6. The topological polar surface area (TPSA) is 39.1 Å². The maximum Gasteiger partial charge on any atom is 0.0641 e. The lowest BCUT2D eigenvalue weighted by Crippen LogP contribution is -2.23. The fourth-order valence-electron chi connectivity index (χ4n) is 1.91. The third-order valence-corrected chi connectivity index (χ3v) is 2.92. The highest BCUT2D eigenvalue weighted by Crippen LogP contribution is 2.15. The highest BCUT2D eigenvalue weighted by molar-refractivity contribution is 5.19. The van der Waals surface area contributed by atoms with Crippen LogP contribution in [0.2, 0.25) is 0 Å². The molecule has 0 spiro atoms. The fourth-order valence-corrected chi connectivity index (χ4v) is 1.91. The molecule has 1 aromatic rings. The van der Waals surface area contributed by atoms with E-state index in [9.17, 15) is 0 Å². The van der Waals surface area contributed by atoms with Crippen LogP contribution in [0.5, 0.6) is 0 Å². The van der Waals surface area contributed by atoms with Gasteiger partial charge in [0.05, 0.1) is 12.5 Å². The van der Waals surface area contributed by atoms with Crippen LogP contribution in [0.1, 0.15) is 30.9 Å². The number of rotatable bonds is 8. The first kappa shape index (κ1) is 14.7. The molecule has 0 aliphatic rings. The molecular formula is C15H23N3. The molecule has 0 saturated heterocycles. The molecule has 0 amide bonds. The summed E-state index contributed by atoms with van der Waals surface area (Å²) in [7, 11) is 4.19. The molecule has 98 valence electrons. The Balaban J connectivity index is 2.33. The number of nitriles is 1. The molecule has 0 saturated carbocycles. The molecule has 1 N–H and O–H groups in total. The maximum atomic E-state index is 8.88. The zero-order valence-electron chi connectivity index (χ0n) is 11.4. The van der Waals surface area contributed by atoms with Crippen molar-refractivity contribution in [3.05, 3.63) is 35.9 Å². The van der Waals surface area contributed by atoms with Crippen molar-refractivity contribution in [3.8, 4) is 6.07 Å². The van der Waals surface area contributed by atoms with Crippen molar-refractivity contribution in [1.29, 1.82) is 5.26 Å². The number of hydrogen-bond acceptors (Lipinski definition) is 3. The van der Waals surface area contributed by atoms with Crippen LogP contribution in [0.25, 0.3) is 0 Å². The van der Waals surface area contributed by atoms with Gasteiger partial charge in [-0.1, -0.05) is 30.3 Å². The Hall–Kier alpha value is -1.37. The molecule has 1 unspecified atom stereocenters. The maximum absolute atomic E-state index is 8.88. The Bertz CT molecular complexity index is 354. The molecule has 3 nitrogen and oxygen atoms in total. The Morgan fingerprint density at radius 2 is 1.94 bits per heavy atom. The molecule has 1 atom stereocenters. The van der Waals surface area contributed by atoms with E-state index in [0.29, 0.717) is 6.42 Å². The summed E-state index contributed by atoms with van der Waals surface area (Å²) in [5, 5.41) is 12.3. The van der Waals surface area contributed by atoms with E-state index in [0.717, 1.165) is 19.5 Å². The molecule has 0 aliphatic heterocycles. The molecule has 0 radical (unpaired) electrons. The molecule has 3 heteroatoms. The van der Waals surface area contributed by atoms with Crippen LogP contribution in [0.15, 0.2) is 30.3 Å². The summed E-state index contributed by atoms with van der Waals surface area (Å²) >= 11 is 0. The third kappa shape index (κ3) is 5.81. The molecule has 18 heavy (non-hydrogen) atoms. The molecule has 1 aromatic carbocycles. The van der Waals surface area contributed by atoms with Crippen molar-refractivity contribution < 1.29 is 0 Å². The minimum atomic E-state index is 0.163. The molecule has 0 fully saturated rings. The first-order chi connectivity index (χ1) is 8.74. The molecule has 0 bridgehead atoms. The SMILES string of the molecule is CN(C)CCCCNC(CC#N)c1ccccc1. The van der Waals surface area contributed by atoms with Gasteiger partial charge in [-0.05, 0) is 45.6 Å². The number of unbranched alkanes of at least 4 members (excludes halogenated alkanes) is 1. The van der Waals surface area contributed by atoms with Crippen LogP contribution in [-0.4, -0.2) is 32.1 Å². The summed E-state index contributed by atoms with van der Waals surface area (Å²) in [5.74, 6) is 0. The predicted octanol–water partition coefficient (Wildman–Crippen LogP) is 2.57. The van der Waals surface area contributed by atoms with Crippen LogP contribution in [0, 0.1) is 11.3 Å². The van der Waals surface area contributed by atoms with Gasteiger partial charge in [-0.25, -0.2) is 0 Å². The van der Waals surface area contributed by atoms with Crippen LogP contribution in [-0.2, 0) is 0 Å². The second-order valence-corrected chi connectivity index (χ2v) is 4.79. The minimum absolute atomic E-state index is 0.163. The van der Waals surface area contributed by atoms with Crippen molar-refractivity contribution in [3.63, 3.8) is 0 Å². The van der Waals surface area contributed by atoms with Gasteiger partial charge >= 0.3 is 0 Å². The monoisotopic (exact) mass is 245 g/mol. The van der Waals surface area contributed by atoms with E-state index < -0.39 is 0 Å². The van der Waals surface area contributed by atoms with Crippen molar-refractivity contribution in [2.45, 2.75) is 25.3 Å². The van der Waals surface area contributed by atoms with Crippen LogP contribution < -0.4 is 5.32 Å². The standard InChI is InChI=1S/C15H23N3/c1-18(2)13-7-6-12-17-15(10-11-16)14-8-4-3-5-9-14/h3-5,8-9,15,17H,6-7,10,12-13H2,1-2H3. The van der Waals surface area contributed by atoms with Gasteiger partial charge in [-0.15, -0.1) is 0 Å². The highest BCUT2D eigenvalue weighted by atomic mass is 15.0. The number of nitrogens with one attached hydrogen (secondary N) is 1. The molecule has 1 rings (SSSR count). The van der Waals surface area contributed by atoms with Gasteiger partial charge in [0.2, 0.25) is 0 Å². The van der Waals surface area contributed by atoms with Crippen LogP contribution in [0.4, 0.5) is 0 Å². The zero-order chi connectivity index (χ0) is 13.2. The van der Waals surface area contributed by atoms with Gasteiger partial charge in [-0.2, -0.15) is 5.26 Å². The average Bonchev–Trinajstić information content (AvgIpc) is 2.38. The van der Waals surface area contributed by atoms with Crippen molar-refractivity contribution in [1.82, 2.24) is 10.2 Å². The normalized spacial score (nSPS) is 12.3. The first-order valence-electron chi connectivity index (χ1n) is 6.54. The minimum Gasteiger partial charge on any atom is -0.309 e. The van der Waals surface area contributed by atoms with E-state index in [4.69, 9.17) is 5.26 Å². The lowest BCUT2D eigenvalue weighted by atomic mass is 10.0. The number of benzene rings is 1. The Kier molecular flexibility index (Phi) is 7.09. The van der Waals surface area contributed by atoms with Crippen LogP contribution in [0.3, 0.4) is 0 Å². The first-order valence-corrected chi connectivity index (χ1v) is 6.54. The van der Waals surface area contributed by atoms with E-state index in [-0.39, 0.29) is 6.04 Å². The lowest BCUT2D eigenvalue weighted by Gasteiger charge is -2.16.